The van der Waals surface area contributed by atoms with Gasteiger partial charge in [0.1, 0.15) is 0 Å². The molecule has 0 bridgehead atoms. The standard InChI is InChI=1S/C14H19N3/c1-14(2,3)9-8-12-4-6-13(7-5-12)17-11-10-15-16-17/h4-7,10-11H,8-9H2,1-3H3. The van der Waals surface area contributed by atoms with Crippen LogP contribution < -0.4 is 0 Å². The van der Waals surface area contributed by atoms with Crippen LogP contribution in [-0.4, -0.2) is 15.0 Å². The Hall–Kier alpha value is -1.64. The van der Waals surface area contributed by atoms with Gasteiger partial charge in [-0.25, -0.2) is 4.68 Å². The first-order valence-electron chi connectivity index (χ1n) is 6.00. The van der Waals surface area contributed by atoms with Crippen molar-refractivity contribution in [3.05, 3.63) is 42.2 Å². The van der Waals surface area contributed by atoms with Crippen LogP contribution in [0.2, 0.25) is 0 Å². The zero-order valence-corrected chi connectivity index (χ0v) is 10.7. The molecule has 1 aromatic carbocycles. The topological polar surface area (TPSA) is 30.7 Å². The molecule has 0 radical (unpaired) electrons. The zero-order chi connectivity index (χ0) is 12.3. The smallest absolute Gasteiger partial charge is 0.0697 e. The molecule has 1 heterocycles. The van der Waals surface area contributed by atoms with Crippen LogP contribution in [0.4, 0.5) is 0 Å². The summed E-state index contributed by atoms with van der Waals surface area (Å²) in [4.78, 5) is 0. The van der Waals surface area contributed by atoms with E-state index in [0.717, 1.165) is 12.1 Å². The van der Waals surface area contributed by atoms with Crippen LogP contribution in [-0.2, 0) is 6.42 Å². The summed E-state index contributed by atoms with van der Waals surface area (Å²) in [5.74, 6) is 0. The third kappa shape index (κ3) is 3.41. The number of hydrogen-bond donors (Lipinski definition) is 0. The Bertz CT molecular complexity index is 449. The van der Waals surface area contributed by atoms with E-state index in [0.29, 0.717) is 5.41 Å². The van der Waals surface area contributed by atoms with Crippen molar-refractivity contribution >= 4 is 0 Å². The maximum atomic E-state index is 3.97. The van der Waals surface area contributed by atoms with Crippen LogP contribution in [0.25, 0.3) is 5.69 Å². The summed E-state index contributed by atoms with van der Waals surface area (Å²) >= 11 is 0. The van der Waals surface area contributed by atoms with Crippen molar-refractivity contribution in [1.82, 2.24) is 15.0 Å². The fourth-order valence-corrected chi connectivity index (χ4v) is 1.68. The van der Waals surface area contributed by atoms with E-state index in [1.807, 2.05) is 6.20 Å². The highest BCUT2D eigenvalue weighted by atomic mass is 15.4. The Morgan fingerprint density at radius 1 is 1.12 bits per heavy atom. The molecule has 0 aliphatic carbocycles. The van der Waals surface area contributed by atoms with Gasteiger partial charge in [0.2, 0.25) is 0 Å². The molecule has 2 rings (SSSR count). The van der Waals surface area contributed by atoms with Crippen LogP contribution in [0.1, 0.15) is 32.8 Å². The maximum Gasteiger partial charge on any atom is 0.0697 e. The highest BCUT2D eigenvalue weighted by Gasteiger charge is 2.09. The third-order valence-electron chi connectivity index (χ3n) is 2.79. The van der Waals surface area contributed by atoms with E-state index in [2.05, 4.69) is 55.3 Å². The van der Waals surface area contributed by atoms with Gasteiger partial charge in [0.15, 0.2) is 0 Å². The molecule has 0 atom stereocenters. The monoisotopic (exact) mass is 229 g/mol. The van der Waals surface area contributed by atoms with Gasteiger partial charge < -0.3 is 0 Å². The van der Waals surface area contributed by atoms with Gasteiger partial charge in [-0.05, 0) is 36.0 Å². The highest BCUT2D eigenvalue weighted by molar-refractivity contribution is 5.33. The summed E-state index contributed by atoms with van der Waals surface area (Å²) in [6.45, 7) is 6.82. The molecule has 0 amide bonds. The number of aromatic nitrogens is 3. The van der Waals surface area contributed by atoms with E-state index in [1.54, 1.807) is 10.9 Å². The largest absolute Gasteiger partial charge is 0.221 e. The predicted molar refractivity (Wildman–Crippen MR) is 69.1 cm³/mol. The lowest BCUT2D eigenvalue weighted by Crippen LogP contribution is -2.06. The molecule has 0 unspecified atom stereocenters. The fraction of sp³-hybridized carbons (Fsp3) is 0.429. The van der Waals surface area contributed by atoms with E-state index in [-0.39, 0.29) is 0 Å². The molecule has 0 spiro atoms. The van der Waals surface area contributed by atoms with Gasteiger partial charge in [-0.15, -0.1) is 5.10 Å². The fourth-order valence-electron chi connectivity index (χ4n) is 1.68. The molecule has 0 saturated carbocycles. The number of hydrogen-bond acceptors (Lipinski definition) is 2. The zero-order valence-electron chi connectivity index (χ0n) is 10.7. The van der Waals surface area contributed by atoms with Crippen molar-refractivity contribution in [3.63, 3.8) is 0 Å². The molecule has 0 fully saturated rings. The summed E-state index contributed by atoms with van der Waals surface area (Å²) in [6, 6.07) is 8.52. The molecule has 3 nitrogen and oxygen atoms in total. The Morgan fingerprint density at radius 3 is 2.35 bits per heavy atom. The second-order valence-corrected chi connectivity index (χ2v) is 5.57. The highest BCUT2D eigenvalue weighted by Crippen LogP contribution is 2.21. The first-order valence-corrected chi connectivity index (χ1v) is 6.00. The molecule has 90 valence electrons. The maximum absolute atomic E-state index is 3.97. The van der Waals surface area contributed by atoms with E-state index < -0.39 is 0 Å². The van der Waals surface area contributed by atoms with Gasteiger partial charge in [0.25, 0.3) is 0 Å². The van der Waals surface area contributed by atoms with Gasteiger partial charge in [0, 0.05) is 0 Å². The average Bonchev–Trinajstić information content (AvgIpc) is 2.79. The van der Waals surface area contributed by atoms with Crippen LogP contribution in [0, 0.1) is 5.41 Å². The second-order valence-electron chi connectivity index (χ2n) is 5.57. The number of benzene rings is 1. The molecular weight excluding hydrogens is 210 g/mol. The summed E-state index contributed by atoms with van der Waals surface area (Å²) in [6.07, 6.45) is 5.87. The molecule has 2 aromatic rings. The first-order chi connectivity index (χ1) is 8.04. The molecule has 17 heavy (non-hydrogen) atoms. The Labute approximate surface area is 102 Å². The Kier molecular flexibility index (Phi) is 3.27. The van der Waals surface area contributed by atoms with Gasteiger partial charge in [-0.1, -0.05) is 38.1 Å². The van der Waals surface area contributed by atoms with Crippen molar-refractivity contribution < 1.29 is 0 Å². The second kappa shape index (κ2) is 4.70. The van der Waals surface area contributed by atoms with E-state index in [4.69, 9.17) is 0 Å². The third-order valence-corrected chi connectivity index (χ3v) is 2.79. The average molecular weight is 229 g/mol. The Morgan fingerprint density at radius 2 is 1.82 bits per heavy atom. The van der Waals surface area contributed by atoms with Crippen molar-refractivity contribution in [1.29, 1.82) is 0 Å². The van der Waals surface area contributed by atoms with Crippen LogP contribution in [0.15, 0.2) is 36.7 Å². The summed E-state index contributed by atoms with van der Waals surface area (Å²) in [5.41, 5.74) is 2.83. The lowest BCUT2D eigenvalue weighted by Gasteiger charge is -2.17. The summed E-state index contributed by atoms with van der Waals surface area (Å²) in [5, 5.41) is 7.77. The van der Waals surface area contributed by atoms with Gasteiger partial charge >= 0.3 is 0 Å². The first kappa shape index (κ1) is 11.8. The number of nitrogens with zero attached hydrogens (tertiary/aromatic N) is 3. The minimum absolute atomic E-state index is 0.393. The SMILES string of the molecule is CC(C)(C)CCc1ccc(-n2ccnn2)cc1. The summed E-state index contributed by atoms with van der Waals surface area (Å²) in [7, 11) is 0. The minimum atomic E-state index is 0.393. The minimum Gasteiger partial charge on any atom is -0.221 e. The Balaban J connectivity index is 2.04. The lowest BCUT2D eigenvalue weighted by atomic mass is 9.89. The molecule has 0 aliphatic heterocycles. The van der Waals surface area contributed by atoms with Crippen molar-refractivity contribution in [2.45, 2.75) is 33.6 Å². The van der Waals surface area contributed by atoms with Crippen molar-refractivity contribution in [2.75, 3.05) is 0 Å². The number of rotatable bonds is 3. The molecule has 0 saturated heterocycles. The van der Waals surface area contributed by atoms with Crippen LogP contribution in [0.5, 0.6) is 0 Å². The van der Waals surface area contributed by atoms with Crippen molar-refractivity contribution in [2.24, 2.45) is 5.41 Å². The van der Waals surface area contributed by atoms with Crippen LogP contribution in [0.3, 0.4) is 0 Å². The molecule has 3 heteroatoms. The van der Waals surface area contributed by atoms with E-state index >= 15 is 0 Å². The van der Waals surface area contributed by atoms with Crippen LogP contribution >= 0.6 is 0 Å². The quantitative estimate of drug-likeness (QED) is 0.809. The lowest BCUT2D eigenvalue weighted by molar-refractivity contribution is 0.378. The normalized spacial score (nSPS) is 11.7. The van der Waals surface area contributed by atoms with Gasteiger partial charge in [-0.2, -0.15) is 0 Å². The van der Waals surface area contributed by atoms with E-state index in [1.165, 1.54) is 12.0 Å². The molecule has 0 aliphatic rings. The molecule has 1 aromatic heterocycles. The van der Waals surface area contributed by atoms with Gasteiger partial charge in [0.05, 0.1) is 18.1 Å². The van der Waals surface area contributed by atoms with Gasteiger partial charge in [-0.3, -0.25) is 0 Å². The number of aryl methyl sites for hydroxylation is 1. The molecule has 0 N–H and O–H groups in total. The molecular formula is C14H19N3. The summed E-state index contributed by atoms with van der Waals surface area (Å²) < 4.78 is 1.77. The van der Waals surface area contributed by atoms with E-state index in [9.17, 15) is 0 Å². The predicted octanol–water partition coefficient (Wildman–Crippen LogP) is 3.25. The van der Waals surface area contributed by atoms with Crippen molar-refractivity contribution in [3.8, 4) is 5.69 Å².